The molecule has 1 rings (SSSR count). The van der Waals surface area contributed by atoms with Crippen LogP contribution in [0.15, 0.2) is 12.1 Å². The minimum absolute atomic E-state index is 0.394. The lowest BCUT2D eigenvalue weighted by Crippen LogP contribution is -2.36. The molecule has 150 valence electrons. The highest BCUT2D eigenvalue weighted by Gasteiger charge is 2.19. The largest absolute Gasteiger partial charge is 0.393 e. The lowest BCUT2D eigenvalue weighted by molar-refractivity contribution is 0.0787. The summed E-state index contributed by atoms with van der Waals surface area (Å²) < 4.78 is 0. The molecule has 0 saturated heterocycles. The van der Waals surface area contributed by atoms with E-state index >= 15 is 0 Å². The van der Waals surface area contributed by atoms with Gasteiger partial charge in [-0.2, -0.15) is 0 Å². The van der Waals surface area contributed by atoms with Crippen molar-refractivity contribution in [3.8, 4) is 0 Å². The second-order valence-electron chi connectivity index (χ2n) is 7.60. The summed E-state index contributed by atoms with van der Waals surface area (Å²) in [6.45, 7) is 8.74. The van der Waals surface area contributed by atoms with E-state index in [4.69, 9.17) is 5.73 Å². The first-order chi connectivity index (χ1) is 12.1. The highest BCUT2D eigenvalue weighted by Crippen LogP contribution is 2.23. The average molecular weight is 369 g/mol. The number of nitrogens with two attached hydrogens (primary N) is 1. The molecule has 4 unspecified atom stereocenters. The van der Waals surface area contributed by atoms with Crippen molar-refractivity contribution in [1.29, 1.82) is 0 Å². The summed E-state index contributed by atoms with van der Waals surface area (Å²) in [5.74, 6) is 0. The number of aliphatic hydroxyl groups excluding tert-OH is 4. The lowest BCUT2D eigenvalue weighted by atomic mass is 9.91. The highest BCUT2D eigenvalue weighted by atomic mass is 16.3. The summed E-state index contributed by atoms with van der Waals surface area (Å²) in [5, 5.41) is 39.4. The van der Waals surface area contributed by atoms with Crippen LogP contribution in [0.4, 0.5) is 0 Å². The zero-order valence-corrected chi connectivity index (χ0v) is 16.5. The molecule has 0 fully saturated rings. The van der Waals surface area contributed by atoms with Crippen LogP contribution in [0.2, 0.25) is 0 Å². The fourth-order valence-electron chi connectivity index (χ4n) is 3.37. The molecule has 0 radical (unpaired) electrons. The van der Waals surface area contributed by atoms with Crippen molar-refractivity contribution < 1.29 is 20.4 Å². The number of hydrogen-bond donors (Lipinski definition) is 5. The Morgan fingerprint density at radius 3 is 1.54 bits per heavy atom. The van der Waals surface area contributed by atoms with E-state index in [1.54, 1.807) is 27.7 Å². The minimum Gasteiger partial charge on any atom is -0.393 e. The number of rotatable bonds is 11. The number of aliphatic hydroxyl groups is 4. The first-order valence-corrected chi connectivity index (χ1v) is 9.40. The summed E-state index contributed by atoms with van der Waals surface area (Å²) in [7, 11) is 0. The van der Waals surface area contributed by atoms with E-state index in [1.807, 2.05) is 17.0 Å². The Kier molecular flexibility index (Phi) is 9.71. The highest BCUT2D eigenvalue weighted by molar-refractivity contribution is 5.40. The van der Waals surface area contributed by atoms with Crippen molar-refractivity contribution in [2.24, 2.45) is 5.73 Å². The molecule has 1 aromatic rings. The van der Waals surface area contributed by atoms with Crippen LogP contribution in [-0.2, 0) is 25.9 Å². The fourth-order valence-corrected chi connectivity index (χ4v) is 3.37. The van der Waals surface area contributed by atoms with Gasteiger partial charge in [-0.05, 0) is 62.8 Å². The second-order valence-corrected chi connectivity index (χ2v) is 7.60. The summed E-state index contributed by atoms with van der Waals surface area (Å²) in [6, 6.07) is 4.02. The van der Waals surface area contributed by atoms with Crippen LogP contribution < -0.4 is 5.73 Å². The van der Waals surface area contributed by atoms with Crippen molar-refractivity contribution >= 4 is 0 Å². The quantitative estimate of drug-likeness (QED) is 0.390. The van der Waals surface area contributed by atoms with Crippen molar-refractivity contribution in [3.05, 3.63) is 34.4 Å². The van der Waals surface area contributed by atoms with E-state index < -0.39 is 24.4 Å². The van der Waals surface area contributed by atoms with Gasteiger partial charge >= 0.3 is 0 Å². The van der Waals surface area contributed by atoms with Gasteiger partial charge in [0.15, 0.2) is 0 Å². The molecule has 0 aliphatic heterocycles. The predicted octanol–water partition coefficient (Wildman–Crippen LogP) is 0.556. The molecular formula is C20H36N2O4. The maximum Gasteiger partial charge on any atom is 0.0639 e. The van der Waals surface area contributed by atoms with Gasteiger partial charge in [-0.1, -0.05) is 12.1 Å². The first-order valence-electron chi connectivity index (χ1n) is 9.40. The molecule has 6 N–H and O–H groups in total. The molecule has 0 amide bonds. The van der Waals surface area contributed by atoms with E-state index in [1.165, 1.54) is 0 Å². The topological polar surface area (TPSA) is 110 Å². The van der Waals surface area contributed by atoms with Gasteiger partial charge in [0.2, 0.25) is 0 Å². The standard InChI is InChI=1S/C20H36N2O4/c1-13(23)5-18-7-17(9-21)8-19(6-14(2)24)20(18)12-22(10-15(3)25)11-16(4)26/h7-8,13-16,23-26H,5-6,9-12,21H2,1-4H3. The number of benzene rings is 1. The van der Waals surface area contributed by atoms with Gasteiger partial charge in [0.05, 0.1) is 24.4 Å². The van der Waals surface area contributed by atoms with E-state index in [-0.39, 0.29) is 0 Å². The van der Waals surface area contributed by atoms with Crippen LogP contribution >= 0.6 is 0 Å². The Hall–Kier alpha value is -1.02. The summed E-state index contributed by atoms with van der Waals surface area (Å²) in [6.07, 6.45) is -1.04. The molecule has 4 atom stereocenters. The van der Waals surface area contributed by atoms with Crippen molar-refractivity contribution in [3.63, 3.8) is 0 Å². The molecule has 0 aromatic heterocycles. The van der Waals surface area contributed by atoms with Gasteiger partial charge in [0, 0.05) is 26.2 Å². The molecule has 0 aliphatic carbocycles. The maximum absolute atomic E-state index is 9.92. The van der Waals surface area contributed by atoms with Crippen LogP contribution in [-0.4, -0.2) is 62.8 Å². The third kappa shape index (κ3) is 8.12. The van der Waals surface area contributed by atoms with Crippen LogP contribution in [0.5, 0.6) is 0 Å². The van der Waals surface area contributed by atoms with Crippen LogP contribution in [0.1, 0.15) is 49.9 Å². The molecule has 0 saturated carbocycles. The van der Waals surface area contributed by atoms with Crippen molar-refractivity contribution in [2.75, 3.05) is 13.1 Å². The average Bonchev–Trinajstić information content (AvgIpc) is 2.47. The van der Waals surface area contributed by atoms with Crippen LogP contribution in [0.3, 0.4) is 0 Å². The third-order valence-corrected chi connectivity index (χ3v) is 4.19. The van der Waals surface area contributed by atoms with Crippen LogP contribution in [0.25, 0.3) is 0 Å². The van der Waals surface area contributed by atoms with Gasteiger partial charge in [0.25, 0.3) is 0 Å². The van der Waals surface area contributed by atoms with Gasteiger partial charge in [0.1, 0.15) is 0 Å². The van der Waals surface area contributed by atoms with Crippen molar-refractivity contribution in [2.45, 2.75) is 78.0 Å². The Bertz CT molecular complexity index is 504. The summed E-state index contributed by atoms with van der Waals surface area (Å²) in [4.78, 5) is 2.00. The zero-order chi connectivity index (χ0) is 19.9. The number of hydrogen-bond acceptors (Lipinski definition) is 6. The molecule has 6 heteroatoms. The Morgan fingerprint density at radius 1 is 0.808 bits per heavy atom. The minimum atomic E-state index is -0.516. The third-order valence-electron chi connectivity index (χ3n) is 4.19. The molecule has 0 spiro atoms. The normalized spacial score (nSPS) is 16.5. The second kappa shape index (κ2) is 11.0. The van der Waals surface area contributed by atoms with E-state index in [0.29, 0.717) is 39.0 Å². The number of nitrogens with zero attached hydrogens (tertiary/aromatic N) is 1. The lowest BCUT2D eigenvalue weighted by Gasteiger charge is -2.28. The maximum atomic E-state index is 9.92. The van der Waals surface area contributed by atoms with Gasteiger partial charge in [-0.3, -0.25) is 4.90 Å². The molecule has 0 heterocycles. The Labute approximate surface area is 157 Å². The van der Waals surface area contributed by atoms with Gasteiger partial charge < -0.3 is 26.2 Å². The summed E-state index contributed by atoms with van der Waals surface area (Å²) >= 11 is 0. The molecule has 0 bridgehead atoms. The first kappa shape index (κ1) is 23.0. The van der Waals surface area contributed by atoms with Crippen LogP contribution in [0, 0.1) is 0 Å². The molecular weight excluding hydrogens is 332 g/mol. The smallest absolute Gasteiger partial charge is 0.0639 e. The van der Waals surface area contributed by atoms with E-state index in [2.05, 4.69) is 0 Å². The Morgan fingerprint density at radius 2 is 1.23 bits per heavy atom. The monoisotopic (exact) mass is 368 g/mol. The SMILES string of the molecule is CC(O)Cc1cc(CN)cc(CC(C)O)c1CN(CC(C)O)CC(C)O. The molecule has 26 heavy (non-hydrogen) atoms. The summed E-state index contributed by atoms with van der Waals surface area (Å²) in [5.41, 5.74) is 9.83. The van der Waals surface area contributed by atoms with Gasteiger partial charge in [-0.15, -0.1) is 0 Å². The Balaban J connectivity index is 3.31. The molecule has 0 aliphatic rings. The predicted molar refractivity (Wildman–Crippen MR) is 104 cm³/mol. The van der Waals surface area contributed by atoms with E-state index in [0.717, 1.165) is 22.3 Å². The zero-order valence-electron chi connectivity index (χ0n) is 16.5. The van der Waals surface area contributed by atoms with E-state index in [9.17, 15) is 20.4 Å². The molecule has 6 nitrogen and oxygen atoms in total. The van der Waals surface area contributed by atoms with Gasteiger partial charge in [-0.25, -0.2) is 0 Å². The molecule has 1 aromatic carbocycles. The van der Waals surface area contributed by atoms with Crippen molar-refractivity contribution in [1.82, 2.24) is 4.90 Å². The fraction of sp³-hybridized carbons (Fsp3) is 0.700.